The number of ether oxygens (including phenoxy) is 1. The van der Waals surface area contributed by atoms with Crippen LogP contribution in [0.5, 0.6) is 5.75 Å². The fraction of sp³-hybridized carbons (Fsp3) is 0.182. The van der Waals surface area contributed by atoms with Gasteiger partial charge in [0.1, 0.15) is 18.2 Å². The molecule has 0 heterocycles. The quantitative estimate of drug-likeness (QED) is 0.630. The van der Waals surface area contributed by atoms with E-state index >= 15 is 0 Å². The Hall–Kier alpha value is -2.81. The van der Waals surface area contributed by atoms with Gasteiger partial charge in [0.05, 0.1) is 0 Å². The SMILES string of the molecule is Cc1ccc(C)c(NCc2cccc(OCc3ccccc3F)c2)c1. The van der Waals surface area contributed by atoms with Crippen molar-refractivity contribution in [3.8, 4) is 5.75 Å². The van der Waals surface area contributed by atoms with Crippen molar-refractivity contribution in [2.45, 2.75) is 27.0 Å². The van der Waals surface area contributed by atoms with Crippen LogP contribution in [0, 0.1) is 19.7 Å². The van der Waals surface area contributed by atoms with Gasteiger partial charge in [0.15, 0.2) is 0 Å². The maximum Gasteiger partial charge on any atom is 0.129 e. The highest BCUT2D eigenvalue weighted by atomic mass is 19.1. The number of hydrogen-bond donors (Lipinski definition) is 1. The molecular formula is C22H22FNO. The second-order valence-corrected chi connectivity index (χ2v) is 6.20. The molecule has 2 nitrogen and oxygen atoms in total. The Morgan fingerprint density at radius 2 is 1.76 bits per heavy atom. The summed E-state index contributed by atoms with van der Waals surface area (Å²) < 4.78 is 19.4. The zero-order valence-corrected chi connectivity index (χ0v) is 14.6. The van der Waals surface area contributed by atoms with Gasteiger partial charge in [0.25, 0.3) is 0 Å². The molecule has 0 aliphatic heterocycles. The zero-order chi connectivity index (χ0) is 17.6. The summed E-state index contributed by atoms with van der Waals surface area (Å²) in [6.45, 7) is 5.11. The number of benzene rings is 3. The topological polar surface area (TPSA) is 21.3 Å². The maximum absolute atomic E-state index is 13.7. The smallest absolute Gasteiger partial charge is 0.129 e. The van der Waals surface area contributed by atoms with Crippen LogP contribution in [-0.2, 0) is 13.2 Å². The number of nitrogens with one attached hydrogen (secondary N) is 1. The van der Waals surface area contributed by atoms with Crippen LogP contribution in [0.3, 0.4) is 0 Å². The van der Waals surface area contributed by atoms with Gasteiger partial charge >= 0.3 is 0 Å². The molecule has 0 bridgehead atoms. The Labute approximate surface area is 148 Å². The molecule has 0 aromatic heterocycles. The third-order valence-corrected chi connectivity index (χ3v) is 4.13. The van der Waals surface area contributed by atoms with Crippen molar-refractivity contribution in [3.63, 3.8) is 0 Å². The van der Waals surface area contributed by atoms with Crippen molar-refractivity contribution in [2.75, 3.05) is 5.32 Å². The lowest BCUT2D eigenvalue weighted by Crippen LogP contribution is -2.02. The van der Waals surface area contributed by atoms with E-state index in [4.69, 9.17) is 4.74 Å². The molecule has 0 saturated heterocycles. The van der Waals surface area contributed by atoms with Crippen molar-refractivity contribution in [3.05, 3.63) is 94.8 Å². The molecular weight excluding hydrogens is 313 g/mol. The Kier molecular flexibility index (Phi) is 5.34. The van der Waals surface area contributed by atoms with Crippen LogP contribution >= 0.6 is 0 Å². The average Bonchev–Trinajstić information content (AvgIpc) is 2.62. The van der Waals surface area contributed by atoms with E-state index in [0.717, 1.165) is 17.0 Å². The Morgan fingerprint density at radius 1 is 0.920 bits per heavy atom. The van der Waals surface area contributed by atoms with Crippen LogP contribution < -0.4 is 10.1 Å². The summed E-state index contributed by atoms with van der Waals surface area (Å²) >= 11 is 0. The van der Waals surface area contributed by atoms with Crippen molar-refractivity contribution < 1.29 is 9.13 Å². The second-order valence-electron chi connectivity index (χ2n) is 6.20. The van der Waals surface area contributed by atoms with Crippen molar-refractivity contribution in [1.82, 2.24) is 0 Å². The first kappa shape index (κ1) is 17.0. The van der Waals surface area contributed by atoms with Crippen molar-refractivity contribution in [1.29, 1.82) is 0 Å². The lowest BCUT2D eigenvalue weighted by Gasteiger charge is -2.12. The van der Waals surface area contributed by atoms with Gasteiger partial charge in [-0.3, -0.25) is 0 Å². The van der Waals surface area contributed by atoms with Gasteiger partial charge in [-0.2, -0.15) is 0 Å². The molecule has 0 unspecified atom stereocenters. The standard InChI is InChI=1S/C22H22FNO/c1-16-10-11-17(2)22(12-16)24-14-18-6-5-8-20(13-18)25-15-19-7-3-4-9-21(19)23/h3-13,24H,14-15H2,1-2H3. The lowest BCUT2D eigenvalue weighted by molar-refractivity contribution is 0.299. The molecule has 3 rings (SSSR count). The Morgan fingerprint density at radius 3 is 2.60 bits per heavy atom. The largest absolute Gasteiger partial charge is 0.489 e. The number of rotatable bonds is 6. The summed E-state index contributed by atoms with van der Waals surface area (Å²) in [5.74, 6) is 0.499. The molecule has 0 spiro atoms. The molecule has 128 valence electrons. The molecule has 3 heteroatoms. The maximum atomic E-state index is 13.7. The van der Waals surface area contributed by atoms with Gasteiger partial charge in [-0.1, -0.05) is 42.5 Å². The van der Waals surface area contributed by atoms with E-state index < -0.39 is 0 Å². The van der Waals surface area contributed by atoms with E-state index in [9.17, 15) is 4.39 Å². The summed E-state index contributed by atoms with van der Waals surface area (Å²) in [6, 6.07) is 20.9. The first-order chi connectivity index (χ1) is 12.1. The van der Waals surface area contributed by atoms with Gasteiger partial charge in [-0.15, -0.1) is 0 Å². The van der Waals surface area contributed by atoms with Crippen LogP contribution in [0.4, 0.5) is 10.1 Å². The van der Waals surface area contributed by atoms with Crippen LogP contribution in [0.15, 0.2) is 66.7 Å². The summed E-state index contributed by atoms with van der Waals surface area (Å²) in [4.78, 5) is 0. The molecule has 0 aliphatic rings. The highest BCUT2D eigenvalue weighted by Crippen LogP contribution is 2.20. The van der Waals surface area contributed by atoms with Crippen LogP contribution in [-0.4, -0.2) is 0 Å². The molecule has 1 N–H and O–H groups in total. The molecule has 0 saturated carbocycles. The third kappa shape index (κ3) is 4.60. The highest BCUT2D eigenvalue weighted by molar-refractivity contribution is 5.52. The predicted octanol–water partition coefficient (Wildman–Crippen LogP) is 5.63. The normalized spacial score (nSPS) is 10.5. The van der Waals surface area contributed by atoms with Gasteiger partial charge in [-0.25, -0.2) is 4.39 Å². The second kappa shape index (κ2) is 7.84. The van der Waals surface area contributed by atoms with Gasteiger partial charge in [-0.05, 0) is 54.8 Å². The van der Waals surface area contributed by atoms with Gasteiger partial charge in [0, 0.05) is 17.8 Å². The number of aryl methyl sites for hydroxylation is 2. The van der Waals surface area contributed by atoms with Gasteiger partial charge in [0.2, 0.25) is 0 Å². The van der Waals surface area contributed by atoms with E-state index in [1.807, 2.05) is 30.3 Å². The summed E-state index contributed by atoms with van der Waals surface area (Å²) in [7, 11) is 0. The van der Waals surface area contributed by atoms with E-state index in [0.29, 0.717) is 12.1 Å². The third-order valence-electron chi connectivity index (χ3n) is 4.13. The van der Waals surface area contributed by atoms with Crippen molar-refractivity contribution in [2.24, 2.45) is 0 Å². The molecule has 0 radical (unpaired) electrons. The van der Waals surface area contributed by atoms with Crippen LogP contribution in [0.2, 0.25) is 0 Å². The first-order valence-corrected chi connectivity index (χ1v) is 8.38. The van der Waals surface area contributed by atoms with E-state index in [-0.39, 0.29) is 12.4 Å². The van der Waals surface area contributed by atoms with E-state index in [2.05, 4.69) is 37.4 Å². The van der Waals surface area contributed by atoms with Crippen LogP contribution in [0.25, 0.3) is 0 Å². The molecule has 0 atom stereocenters. The molecule has 3 aromatic carbocycles. The lowest BCUT2D eigenvalue weighted by atomic mass is 10.1. The molecule has 25 heavy (non-hydrogen) atoms. The summed E-state index contributed by atoms with van der Waals surface area (Å²) in [6.07, 6.45) is 0. The number of hydrogen-bond acceptors (Lipinski definition) is 2. The van der Waals surface area contributed by atoms with Crippen LogP contribution in [0.1, 0.15) is 22.3 Å². The molecule has 0 fully saturated rings. The van der Waals surface area contributed by atoms with Crippen molar-refractivity contribution >= 4 is 5.69 Å². The predicted molar refractivity (Wildman–Crippen MR) is 100 cm³/mol. The summed E-state index contributed by atoms with van der Waals surface area (Å²) in [5, 5.41) is 3.46. The minimum Gasteiger partial charge on any atom is -0.489 e. The fourth-order valence-electron chi connectivity index (χ4n) is 2.65. The molecule has 0 amide bonds. The fourth-order valence-corrected chi connectivity index (χ4v) is 2.65. The monoisotopic (exact) mass is 335 g/mol. The molecule has 3 aromatic rings. The molecule has 0 aliphatic carbocycles. The Balaban J connectivity index is 1.63. The number of halogens is 1. The number of anilines is 1. The minimum absolute atomic E-state index is 0.223. The zero-order valence-electron chi connectivity index (χ0n) is 14.6. The average molecular weight is 335 g/mol. The highest BCUT2D eigenvalue weighted by Gasteiger charge is 2.03. The summed E-state index contributed by atoms with van der Waals surface area (Å²) in [5.41, 5.74) is 5.26. The van der Waals surface area contributed by atoms with Gasteiger partial charge < -0.3 is 10.1 Å². The minimum atomic E-state index is -0.241. The van der Waals surface area contributed by atoms with E-state index in [1.54, 1.807) is 12.1 Å². The van der Waals surface area contributed by atoms with E-state index in [1.165, 1.54) is 17.2 Å². The Bertz CT molecular complexity index is 860. The first-order valence-electron chi connectivity index (χ1n) is 8.38.